The van der Waals surface area contributed by atoms with Crippen molar-refractivity contribution in [2.45, 2.75) is 108 Å². The van der Waals surface area contributed by atoms with Crippen LogP contribution in [0.2, 0.25) is 0 Å². The minimum Gasteiger partial charge on any atom is -0.390 e. The molecular formula is C19H36O. The van der Waals surface area contributed by atoms with Crippen LogP contribution in [0.5, 0.6) is 0 Å². The summed E-state index contributed by atoms with van der Waals surface area (Å²) in [6, 6.07) is 0. The van der Waals surface area contributed by atoms with E-state index in [1.54, 1.807) is 0 Å². The zero-order chi connectivity index (χ0) is 14.5. The lowest BCUT2D eigenvalue weighted by Gasteiger charge is -2.06. The Morgan fingerprint density at radius 3 is 1.50 bits per heavy atom. The molecule has 0 aromatic rings. The Bertz CT molecular complexity index is 230. The molecule has 1 rings (SSSR count). The molecule has 0 unspecified atom stereocenters. The van der Waals surface area contributed by atoms with Crippen LogP contribution in [0.4, 0.5) is 0 Å². The predicted molar refractivity (Wildman–Crippen MR) is 89.0 cm³/mol. The summed E-state index contributed by atoms with van der Waals surface area (Å²) in [4.78, 5) is 0. The average Bonchev–Trinajstić information content (AvgIpc) is 3.17. The van der Waals surface area contributed by atoms with Gasteiger partial charge < -0.3 is 5.11 Å². The van der Waals surface area contributed by atoms with Crippen LogP contribution in [-0.2, 0) is 0 Å². The van der Waals surface area contributed by atoms with E-state index in [1.807, 2.05) is 6.08 Å². The summed E-state index contributed by atoms with van der Waals surface area (Å²) in [7, 11) is 0. The fourth-order valence-corrected chi connectivity index (χ4v) is 2.90. The van der Waals surface area contributed by atoms with E-state index in [1.165, 1.54) is 83.5 Å². The minimum atomic E-state index is -0.217. The van der Waals surface area contributed by atoms with Gasteiger partial charge in [-0.2, -0.15) is 0 Å². The van der Waals surface area contributed by atoms with E-state index in [0.29, 0.717) is 0 Å². The van der Waals surface area contributed by atoms with Gasteiger partial charge >= 0.3 is 0 Å². The SMILES string of the molecule is C=CCCCCCCCCCCCCCCC1(O)CC1. The van der Waals surface area contributed by atoms with Crippen LogP contribution in [0.1, 0.15) is 103 Å². The molecule has 0 radical (unpaired) electrons. The average molecular weight is 280 g/mol. The van der Waals surface area contributed by atoms with E-state index >= 15 is 0 Å². The monoisotopic (exact) mass is 280 g/mol. The second kappa shape index (κ2) is 11.4. The number of aliphatic hydroxyl groups is 1. The van der Waals surface area contributed by atoms with Crippen LogP contribution in [0.25, 0.3) is 0 Å². The molecule has 1 heteroatoms. The molecule has 1 aliphatic carbocycles. The molecule has 1 fully saturated rings. The lowest BCUT2D eigenvalue weighted by Crippen LogP contribution is -2.05. The molecule has 1 N–H and O–H groups in total. The second-order valence-electron chi connectivity index (χ2n) is 6.79. The number of hydrogen-bond acceptors (Lipinski definition) is 1. The van der Waals surface area contributed by atoms with Gasteiger partial charge in [0, 0.05) is 0 Å². The Kier molecular flexibility index (Phi) is 10.1. The number of allylic oxidation sites excluding steroid dienone is 1. The fraction of sp³-hybridized carbons (Fsp3) is 0.895. The smallest absolute Gasteiger partial charge is 0.0650 e. The highest BCUT2D eigenvalue weighted by molar-refractivity contribution is 4.92. The van der Waals surface area contributed by atoms with E-state index in [-0.39, 0.29) is 5.60 Å². The maximum atomic E-state index is 9.72. The highest BCUT2D eigenvalue weighted by Crippen LogP contribution is 2.39. The van der Waals surface area contributed by atoms with Gasteiger partial charge in [0.2, 0.25) is 0 Å². The van der Waals surface area contributed by atoms with Crippen molar-refractivity contribution in [3.63, 3.8) is 0 Å². The van der Waals surface area contributed by atoms with Crippen molar-refractivity contribution in [2.24, 2.45) is 0 Å². The van der Waals surface area contributed by atoms with E-state index < -0.39 is 0 Å². The molecule has 0 atom stereocenters. The summed E-state index contributed by atoms with van der Waals surface area (Å²) < 4.78 is 0. The summed E-state index contributed by atoms with van der Waals surface area (Å²) in [5, 5.41) is 9.72. The molecular weight excluding hydrogens is 244 g/mol. The molecule has 0 saturated heterocycles. The fourth-order valence-electron chi connectivity index (χ4n) is 2.90. The summed E-state index contributed by atoms with van der Waals surface area (Å²) in [6.07, 6.45) is 23.0. The van der Waals surface area contributed by atoms with E-state index in [2.05, 4.69) is 6.58 Å². The van der Waals surface area contributed by atoms with Crippen LogP contribution in [0.3, 0.4) is 0 Å². The quantitative estimate of drug-likeness (QED) is 0.281. The third-order valence-electron chi connectivity index (χ3n) is 4.63. The topological polar surface area (TPSA) is 20.2 Å². The summed E-state index contributed by atoms with van der Waals surface area (Å²) in [6.45, 7) is 3.76. The van der Waals surface area contributed by atoms with Crippen molar-refractivity contribution in [1.82, 2.24) is 0 Å². The standard InChI is InChI=1S/C19H36O/c1-2-3-4-5-6-7-8-9-10-11-12-13-14-15-16-19(20)17-18-19/h2,20H,1,3-18H2. The minimum absolute atomic E-state index is 0.217. The van der Waals surface area contributed by atoms with Crippen molar-refractivity contribution < 1.29 is 5.11 Å². The van der Waals surface area contributed by atoms with Crippen molar-refractivity contribution >= 4 is 0 Å². The lowest BCUT2D eigenvalue weighted by atomic mass is 10.0. The Hall–Kier alpha value is -0.300. The molecule has 0 amide bonds. The van der Waals surface area contributed by atoms with Crippen LogP contribution in [0, 0.1) is 0 Å². The highest BCUT2D eigenvalue weighted by atomic mass is 16.3. The molecule has 1 nitrogen and oxygen atoms in total. The van der Waals surface area contributed by atoms with E-state index in [4.69, 9.17) is 0 Å². The van der Waals surface area contributed by atoms with Crippen LogP contribution in [-0.4, -0.2) is 10.7 Å². The Morgan fingerprint density at radius 2 is 1.10 bits per heavy atom. The van der Waals surface area contributed by atoms with Crippen LogP contribution >= 0.6 is 0 Å². The third-order valence-corrected chi connectivity index (χ3v) is 4.63. The third kappa shape index (κ3) is 10.5. The Morgan fingerprint density at radius 1 is 0.700 bits per heavy atom. The maximum Gasteiger partial charge on any atom is 0.0650 e. The largest absolute Gasteiger partial charge is 0.390 e. The summed E-state index contributed by atoms with van der Waals surface area (Å²) in [5.41, 5.74) is -0.217. The van der Waals surface area contributed by atoms with Gasteiger partial charge in [0.05, 0.1) is 5.60 Å². The van der Waals surface area contributed by atoms with Gasteiger partial charge in [0.1, 0.15) is 0 Å². The lowest BCUT2D eigenvalue weighted by molar-refractivity contribution is 0.136. The zero-order valence-electron chi connectivity index (χ0n) is 13.5. The van der Waals surface area contributed by atoms with E-state index in [0.717, 1.165) is 19.3 Å². The highest BCUT2D eigenvalue weighted by Gasteiger charge is 2.38. The van der Waals surface area contributed by atoms with Crippen LogP contribution < -0.4 is 0 Å². The first-order chi connectivity index (χ1) is 9.77. The van der Waals surface area contributed by atoms with Crippen molar-refractivity contribution in [2.75, 3.05) is 0 Å². The Labute approximate surface area is 126 Å². The number of rotatable bonds is 15. The number of hydrogen-bond donors (Lipinski definition) is 1. The molecule has 0 aromatic heterocycles. The van der Waals surface area contributed by atoms with Crippen molar-refractivity contribution in [1.29, 1.82) is 0 Å². The number of unbranched alkanes of at least 4 members (excludes halogenated alkanes) is 12. The molecule has 0 spiro atoms. The molecule has 0 heterocycles. The summed E-state index contributed by atoms with van der Waals surface area (Å²) in [5.74, 6) is 0. The van der Waals surface area contributed by atoms with Gasteiger partial charge in [0.15, 0.2) is 0 Å². The molecule has 0 bridgehead atoms. The Balaban J connectivity index is 1.65. The molecule has 1 saturated carbocycles. The summed E-state index contributed by atoms with van der Waals surface area (Å²) >= 11 is 0. The van der Waals surface area contributed by atoms with Gasteiger partial charge in [-0.05, 0) is 32.1 Å². The van der Waals surface area contributed by atoms with Gasteiger partial charge in [0.25, 0.3) is 0 Å². The first kappa shape index (κ1) is 17.8. The molecule has 1 aliphatic rings. The second-order valence-corrected chi connectivity index (χ2v) is 6.79. The molecule has 118 valence electrons. The first-order valence-electron chi connectivity index (χ1n) is 9.10. The molecule has 0 aliphatic heterocycles. The first-order valence-corrected chi connectivity index (χ1v) is 9.10. The normalized spacial score (nSPS) is 16.2. The molecule has 20 heavy (non-hydrogen) atoms. The molecule has 0 aromatic carbocycles. The zero-order valence-corrected chi connectivity index (χ0v) is 13.5. The van der Waals surface area contributed by atoms with Gasteiger partial charge in [-0.1, -0.05) is 76.7 Å². The van der Waals surface area contributed by atoms with Crippen molar-refractivity contribution in [3.05, 3.63) is 12.7 Å². The van der Waals surface area contributed by atoms with Gasteiger partial charge in [-0.3, -0.25) is 0 Å². The van der Waals surface area contributed by atoms with Crippen molar-refractivity contribution in [3.8, 4) is 0 Å². The van der Waals surface area contributed by atoms with Crippen LogP contribution in [0.15, 0.2) is 12.7 Å². The van der Waals surface area contributed by atoms with E-state index in [9.17, 15) is 5.11 Å². The predicted octanol–water partition coefficient (Wildman–Crippen LogP) is 6.16. The van der Waals surface area contributed by atoms with Gasteiger partial charge in [-0.25, -0.2) is 0 Å². The van der Waals surface area contributed by atoms with Gasteiger partial charge in [-0.15, -0.1) is 6.58 Å². The maximum absolute atomic E-state index is 9.72.